The molecule has 0 atom stereocenters. The number of benzene rings is 1. The van der Waals surface area contributed by atoms with E-state index in [1.54, 1.807) is 0 Å². The van der Waals surface area contributed by atoms with Gasteiger partial charge in [0, 0.05) is 0 Å². The van der Waals surface area contributed by atoms with Crippen LogP contribution in [0.2, 0.25) is 0 Å². The summed E-state index contributed by atoms with van der Waals surface area (Å²) < 4.78 is 0. The van der Waals surface area contributed by atoms with Crippen LogP contribution in [0.15, 0.2) is 23.4 Å². The summed E-state index contributed by atoms with van der Waals surface area (Å²) in [7, 11) is 0. The lowest BCUT2D eigenvalue weighted by molar-refractivity contribution is -0.394. The maximum atomic E-state index is 10.7. The lowest BCUT2D eigenvalue weighted by atomic mass is 9.99. The van der Waals surface area contributed by atoms with Gasteiger partial charge in [0.15, 0.2) is 5.75 Å². The van der Waals surface area contributed by atoms with Crippen LogP contribution in [0.5, 0.6) is 5.75 Å². The smallest absolute Gasteiger partial charge is 0.280 e. The Balaban J connectivity index is 2.21. The Morgan fingerprint density at radius 2 is 1.50 bits per heavy atom. The summed E-state index contributed by atoms with van der Waals surface area (Å²) in [4.78, 5) is 25.2. The zero-order valence-corrected chi connectivity index (χ0v) is 10.7. The van der Waals surface area contributed by atoms with Gasteiger partial charge in [-0.3, -0.25) is 20.2 Å². The SMILES string of the molecule is O=[N+]([O-])c1cc(ON=C2CCCCC2)cc([N+](=O)[O-])c1. The minimum Gasteiger partial charge on any atom is -0.357 e. The van der Waals surface area contributed by atoms with Gasteiger partial charge in [-0.05, 0) is 25.7 Å². The first kappa shape index (κ1) is 13.9. The summed E-state index contributed by atoms with van der Waals surface area (Å²) in [5.74, 6) is 0.00368. The second kappa shape index (κ2) is 6.09. The van der Waals surface area contributed by atoms with Crippen LogP contribution in [0, 0.1) is 20.2 Å². The van der Waals surface area contributed by atoms with Crippen molar-refractivity contribution in [2.24, 2.45) is 5.16 Å². The fourth-order valence-electron chi connectivity index (χ4n) is 2.00. The first-order valence-electron chi connectivity index (χ1n) is 6.23. The highest BCUT2D eigenvalue weighted by Gasteiger charge is 2.17. The molecule has 2 rings (SSSR count). The van der Waals surface area contributed by atoms with Crippen molar-refractivity contribution < 1.29 is 14.7 Å². The second-order valence-corrected chi connectivity index (χ2v) is 4.51. The molecule has 1 aliphatic carbocycles. The molecule has 8 nitrogen and oxygen atoms in total. The van der Waals surface area contributed by atoms with Crippen molar-refractivity contribution in [2.75, 3.05) is 0 Å². The van der Waals surface area contributed by atoms with Crippen LogP contribution in [-0.2, 0) is 0 Å². The van der Waals surface area contributed by atoms with Gasteiger partial charge in [0.05, 0.1) is 33.8 Å². The van der Waals surface area contributed by atoms with E-state index < -0.39 is 21.2 Å². The molecule has 1 aromatic rings. The second-order valence-electron chi connectivity index (χ2n) is 4.51. The van der Waals surface area contributed by atoms with Crippen LogP contribution < -0.4 is 4.84 Å². The van der Waals surface area contributed by atoms with Gasteiger partial charge in [-0.25, -0.2) is 0 Å². The van der Waals surface area contributed by atoms with Crippen LogP contribution in [-0.4, -0.2) is 15.6 Å². The molecule has 0 bridgehead atoms. The molecule has 1 aliphatic rings. The molecule has 0 aliphatic heterocycles. The summed E-state index contributed by atoms with van der Waals surface area (Å²) in [6.07, 6.45) is 4.89. The van der Waals surface area contributed by atoms with Crippen LogP contribution in [0.4, 0.5) is 11.4 Å². The molecule has 0 amide bonds. The number of oxime groups is 1. The normalized spacial score (nSPS) is 14.7. The van der Waals surface area contributed by atoms with Crippen molar-refractivity contribution in [3.05, 3.63) is 38.4 Å². The van der Waals surface area contributed by atoms with Crippen molar-refractivity contribution in [2.45, 2.75) is 32.1 Å². The van der Waals surface area contributed by atoms with E-state index in [9.17, 15) is 20.2 Å². The van der Waals surface area contributed by atoms with E-state index in [0.29, 0.717) is 0 Å². The molecule has 0 aromatic heterocycles. The number of hydrogen-bond acceptors (Lipinski definition) is 6. The van der Waals surface area contributed by atoms with E-state index in [-0.39, 0.29) is 5.75 Å². The molecular formula is C12H13N3O5. The molecule has 1 fully saturated rings. The molecule has 0 N–H and O–H groups in total. The number of nitro benzene ring substituents is 2. The summed E-state index contributed by atoms with van der Waals surface area (Å²) in [6, 6.07) is 3.14. The predicted molar refractivity (Wildman–Crippen MR) is 70.9 cm³/mol. The summed E-state index contributed by atoms with van der Waals surface area (Å²) >= 11 is 0. The molecule has 1 aromatic carbocycles. The number of non-ortho nitro benzene ring substituents is 2. The van der Waals surface area contributed by atoms with Crippen molar-refractivity contribution in [1.29, 1.82) is 0 Å². The Labute approximate surface area is 114 Å². The van der Waals surface area contributed by atoms with Crippen molar-refractivity contribution >= 4 is 17.1 Å². The summed E-state index contributed by atoms with van der Waals surface area (Å²) in [5.41, 5.74) is 0.0986. The maximum absolute atomic E-state index is 10.7. The highest BCUT2D eigenvalue weighted by molar-refractivity contribution is 5.84. The number of nitrogens with zero attached hydrogens (tertiary/aromatic N) is 3. The Bertz CT molecular complexity index is 530. The third-order valence-electron chi connectivity index (χ3n) is 3.01. The molecule has 0 spiro atoms. The Morgan fingerprint density at radius 1 is 0.950 bits per heavy atom. The first-order valence-corrected chi connectivity index (χ1v) is 6.23. The van der Waals surface area contributed by atoms with E-state index in [1.807, 2.05) is 0 Å². The minimum absolute atomic E-state index is 0.00368. The predicted octanol–water partition coefficient (Wildman–Crippen LogP) is 3.20. The average molecular weight is 279 g/mol. The van der Waals surface area contributed by atoms with Crippen molar-refractivity contribution in [1.82, 2.24) is 0 Å². The van der Waals surface area contributed by atoms with E-state index in [0.717, 1.165) is 56.0 Å². The Morgan fingerprint density at radius 3 is 2.00 bits per heavy atom. The van der Waals surface area contributed by atoms with Gasteiger partial charge in [0.2, 0.25) is 0 Å². The summed E-state index contributed by atoms with van der Waals surface area (Å²) in [5, 5.41) is 25.4. The molecule has 0 unspecified atom stereocenters. The third-order valence-corrected chi connectivity index (χ3v) is 3.01. The van der Waals surface area contributed by atoms with Gasteiger partial charge < -0.3 is 4.84 Å². The van der Waals surface area contributed by atoms with Gasteiger partial charge >= 0.3 is 0 Å². The number of rotatable bonds is 4. The standard InChI is InChI=1S/C12H13N3O5/c16-14(17)10-6-11(15(18)19)8-12(7-10)20-13-9-4-2-1-3-5-9/h6-8H,1-5H2. The van der Waals surface area contributed by atoms with E-state index in [2.05, 4.69) is 5.16 Å². The minimum atomic E-state index is -0.701. The van der Waals surface area contributed by atoms with Crippen LogP contribution >= 0.6 is 0 Å². The Kier molecular flexibility index (Phi) is 4.24. The molecule has 0 radical (unpaired) electrons. The summed E-state index contributed by atoms with van der Waals surface area (Å²) in [6.45, 7) is 0. The fourth-order valence-corrected chi connectivity index (χ4v) is 2.00. The van der Waals surface area contributed by atoms with Crippen LogP contribution in [0.1, 0.15) is 32.1 Å². The van der Waals surface area contributed by atoms with Crippen LogP contribution in [0.25, 0.3) is 0 Å². The fraction of sp³-hybridized carbons (Fsp3) is 0.417. The largest absolute Gasteiger partial charge is 0.357 e. The highest BCUT2D eigenvalue weighted by atomic mass is 16.6. The molecule has 106 valence electrons. The molecule has 1 saturated carbocycles. The number of hydrogen-bond donors (Lipinski definition) is 0. The maximum Gasteiger partial charge on any atom is 0.280 e. The van der Waals surface area contributed by atoms with E-state index in [4.69, 9.17) is 4.84 Å². The van der Waals surface area contributed by atoms with Gasteiger partial charge in [0.25, 0.3) is 11.4 Å². The van der Waals surface area contributed by atoms with Gasteiger partial charge in [-0.15, -0.1) is 0 Å². The third kappa shape index (κ3) is 3.50. The average Bonchev–Trinajstić information content (AvgIpc) is 2.45. The molecule has 20 heavy (non-hydrogen) atoms. The molecule has 0 heterocycles. The highest BCUT2D eigenvalue weighted by Crippen LogP contribution is 2.27. The van der Waals surface area contributed by atoms with Gasteiger partial charge in [-0.2, -0.15) is 0 Å². The van der Waals surface area contributed by atoms with E-state index >= 15 is 0 Å². The van der Waals surface area contributed by atoms with Crippen molar-refractivity contribution in [3.8, 4) is 5.75 Å². The van der Waals surface area contributed by atoms with Crippen LogP contribution in [0.3, 0.4) is 0 Å². The molecular weight excluding hydrogens is 266 g/mol. The lowest BCUT2D eigenvalue weighted by Gasteiger charge is -2.11. The molecule has 8 heteroatoms. The van der Waals surface area contributed by atoms with Gasteiger partial charge in [-0.1, -0.05) is 11.6 Å². The lowest BCUT2D eigenvalue weighted by Crippen LogP contribution is -2.06. The first-order chi connectivity index (χ1) is 9.56. The topological polar surface area (TPSA) is 108 Å². The quantitative estimate of drug-likeness (QED) is 0.621. The van der Waals surface area contributed by atoms with Gasteiger partial charge in [0.1, 0.15) is 0 Å². The number of nitro groups is 2. The zero-order chi connectivity index (χ0) is 14.5. The Hall–Kier alpha value is -2.51. The zero-order valence-electron chi connectivity index (χ0n) is 10.7. The molecule has 0 saturated heterocycles. The monoisotopic (exact) mass is 279 g/mol. The van der Waals surface area contributed by atoms with E-state index in [1.165, 1.54) is 0 Å². The van der Waals surface area contributed by atoms with Crippen molar-refractivity contribution in [3.63, 3.8) is 0 Å².